The molecule has 0 unspecified atom stereocenters. The van der Waals surface area contributed by atoms with Gasteiger partial charge in [0.05, 0.1) is 17.1 Å². The van der Waals surface area contributed by atoms with Crippen molar-refractivity contribution in [2.24, 2.45) is 0 Å². The van der Waals surface area contributed by atoms with E-state index < -0.39 is 23.0 Å². The van der Waals surface area contributed by atoms with E-state index in [4.69, 9.17) is 4.74 Å². The standard InChI is InChI=1S/C15H13F2NO3S/c1-2-21-15(20)12-13(19)8-5-9(16)10(17)6-11(8)18(14(12)22)7-3-4-7/h5-7,22H,2-4H2,1H3. The number of thiol groups is 1. The van der Waals surface area contributed by atoms with E-state index in [1.165, 1.54) is 0 Å². The summed E-state index contributed by atoms with van der Waals surface area (Å²) in [6.45, 7) is 1.72. The normalized spacial score (nSPS) is 14.4. The minimum atomic E-state index is -1.13. The quantitative estimate of drug-likeness (QED) is 0.697. The summed E-state index contributed by atoms with van der Waals surface area (Å²) in [6, 6.07) is 1.81. The van der Waals surface area contributed by atoms with Gasteiger partial charge in [0.15, 0.2) is 11.6 Å². The number of carbonyl (C=O) groups excluding carboxylic acids is 1. The van der Waals surface area contributed by atoms with Crippen LogP contribution >= 0.6 is 12.6 Å². The Kier molecular flexibility index (Phi) is 3.68. The van der Waals surface area contributed by atoms with E-state index in [2.05, 4.69) is 12.6 Å². The fraction of sp³-hybridized carbons (Fsp3) is 0.333. The van der Waals surface area contributed by atoms with Crippen LogP contribution in [0.25, 0.3) is 10.9 Å². The Morgan fingerprint density at radius 1 is 1.36 bits per heavy atom. The number of hydrogen-bond acceptors (Lipinski definition) is 4. The molecule has 1 heterocycles. The van der Waals surface area contributed by atoms with Crippen LogP contribution in [0.5, 0.6) is 0 Å². The highest BCUT2D eigenvalue weighted by molar-refractivity contribution is 7.80. The molecule has 1 aromatic carbocycles. The van der Waals surface area contributed by atoms with Crippen molar-refractivity contribution < 1.29 is 18.3 Å². The number of carbonyl (C=O) groups is 1. The van der Waals surface area contributed by atoms with Crippen LogP contribution in [0.15, 0.2) is 22.0 Å². The molecule has 0 atom stereocenters. The number of pyridine rings is 1. The lowest BCUT2D eigenvalue weighted by Crippen LogP contribution is -2.23. The van der Waals surface area contributed by atoms with Gasteiger partial charge in [-0.15, -0.1) is 12.6 Å². The Morgan fingerprint density at radius 2 is 2.00 bits per heavy atom. The van der Waals surface area contributed by atoms with E-state index >= 15 is 0 Å². The number of ether oxygens (including phenoxy) is 1. The van der Waals surface area contributed by atoms with Gasteiger partial charge in [-0.05, 0) is 25.8 Å². The van der Waals surface area contributed by atoms with Crippen molar-refractivity contribution in [2.45, 2.75) is 30.8 Å². The van der Waals surface area contributed by atoms with Gasteiger partial charge in [-0.25, -0.2) is 13.6 Å². The van der Waals surface area contributed by atoms with Gasteiger partial charge in [0.2, 0.25) is 5.43 Å². The summed E-state index contributed by atoms with van der Waals surface area (Å²) in [5.74, 6) is -2.98. The second-order valence-electron chi connectivity index (χ2n) is 5.13. The molecule has 0 amide bonds. The van der Waals surface area contributed by atoms with Crippen LogP contribution in [0.2, 0.25) is 0 Å². The van der Waals surface area contributed by atoms with E-state index in [1.807, 2.05) is 0 Å². The predicted octanol–water partition coefficient (Wildman–Crippen LogP) is 3.08. The lowest BCUT2D eigenvalue weighted by atomic mass is 10.1. The van der Waals surface area contributed by atoms with Crippen molar-refractivity contribution in [3.05, 3.63) is 39.6 Å². The molecular weight excluding hydrogens is 312 g/mol. The maximum absolute atomic E-state index is 13.5. The Balaban J connectivity index is 2.40. The van der Waals surface area contributed by atoms with Crippen molar-refractivity contribution >= 4 is 29.5 Å². The molecule has 2 aromatic rings. The van der Waals surface area contributed by atoms with Crippen molar-refractivity contribution in [3.8, 4) is 0 Å². The molecule has 0 radical (unpaired) electrons. The zero-order valence-corrected chi connectivity index (χ0v) is 12.6. The Bertz CT molecular complexity index is 843. The number of hydrogen-bond donors (Lipinski definition) is 1. The van der Waals surface area contributed by atoms with Gasteiger partial charge in [-0.2, -0.15) is 0 Å². The molecule has 22 heavy (non-hydrogen) atoms. The first-order chi connectivity index (χ1) is 10.5. The summed E-state index contributed by atoms with van der Waals surface area (Å²) in [7, 11) is 0. The number of halogens is 2. The Morgan fingerprint density at radius 3 is 2.59 bits per heavy atom. The summed E-state index contributed by atoms with van der Waals surface area (Å²) >= 11 is 4.27. The molecule has 3 rings (SSSR count). The third-order valence-electron chi connectivity index (χ3n) is 3.61. The number of rotatable bonds is 3. The maximum Gasteiger partial charge on any atom is 0.344 e. The third-order valence-corrected chi connectivity index (χ3v) is 4.05. The van der Waals surface area contributed by atoms with Crippen LogP contribution in [0.4, 0.5) is 8.78 Å². The van der Waals surface area contributed by atoms with E-state index in [0.29, 0.717) is 0 Å². The van der Waals surface area contributed by atoms with Crippen molar-refractivity contribution in [2.75, 3.05) is 6.61 Å². The van der Waals surface area contributed by atoms with E-state index in [0.717, 1.165) is 25.0 Å². The molecule has 116 valence electrons. The highest BCUT2D eigenvalue weighted by Crippen LogP contribution is 2.40. The molecule has 0 aliphatic heterocycles. The summed E-state index contributed by atoms with van der Waals surface area (Å²) in [4.78, 5) is 24.5. The zero-order chi connectivity index (χ0) is 16.0. The van der Waals surface area contributed by atoms with E-state index in [9.17, 15) is 18.4 Å². The lowest BCUT2D eigenvalue weighted by molar-refractivity contribution is 0.0519. The SMILES string of the molecule is CCOC(=O)c1c(S)n(C2CC2)c2cc(F)c(F)cc2c1=O. The van der Waals surface area contributed by atoms with Crippen LogP contribution in [-0.4, -0.2) is 17.1 Å². The molecule has 0 saturated heterocycles. The maximum atomic E-state index is 13.5. The van der Waals surface area contributed by atoms with Crippen LogP contribution < -0.4 is 5.43 Å². The summed E-state index contributed by atoms with van der Waals surface area (Å²) in [6.07, 6.45) is 1.65. The minimum Gasteiger partial charge on any atom is -0.462 e. The topological polar surface area (TPSA) is 48.3 Å². The fourth-order valence-corrected chi connectivity index (χ4v) is 2.94. The first kappa shape index (κ1) is 15.0. The van der Waals surface area contributed by atoms with Crippen molar-refractivity contribution in [1.82, 2.24) is 4.57 Å². The summed E-state index contributed by atoms with van der Waals surface area (Å²) in [5, 5.41) is 0.0797. The number of nitrogens with zero attached hydrogens (tertiary/aromatic N) is 1. The molecular formula is C15H13F2NO3S. The van der Waals surface area contributed by atoms with Crippen LogP contribution in [-0.2, 0) is 4.74 Å². The molecule has 0 N–H and O–H groups in total. The first-order valence-corrected chi connectivity index (χ1v) is 7.33. The second kappa shape index (κ2) is 5.39. The van der Waals surface area contributed by atoms with Crippen LogP contribution in [0.1, 0.15) is 36.2 Å². The smallest absolute Gasteiger partial charge is 0.344 e. The minimum absolute atomic E-state index is 0.0219. The second-order valence-corrected chi connectivity index (χ2v) is 5.56. The molecule has 0 spiro atoms. The van der Waals surface area contributed by atoms with Gasteiger partial charge >= 0.3 is 5.97 Å². The number of aromatic nitrogens is 1. The van der Waals surface area contributed by atoms with Crippen molar-refractivity contribution in [1.29, 1.82) is 0 Å². The molecule has 7 heteroatoms. The summed E-state index contributed by atoms with van der Waals surface area (Å²) in [5.41, 5.74) is -0.700. The molecule has 4 nitrogen and oxygen atoms in total. The highest BCUT2D eigenvalue weighted by atomic mass is 32.1. The van der Waals surface area contributed by atoms with E-state index in [-0.39, 0.29) is 34.1 Å². The molecule has 0 bridgehead atoms. The molecule has 1 aliphatic rings. The average Bonchev–Trinajstić information content (AvgIpc) is 3.26. The van der Waals surface area contributed by atoms with Gasteiger partial charge < -0.3 is 9.30 Å². The van der Waals surface area contributed by atoms with Gasteiger partial charge in [-0.3, -0.25) is 4.79 Å². The average molecular weight is 325 g/mol. The first-order valence-electron chi connectivity index (χ1n) is 6.89. The number of esters is 1. The Hall–Kier alpha value is -1.89. The molecule has 1 aromatic heterocycles. The monoisotopic (exact) mass is 325 g/mol. The van der Waals surface area contributed by atoms with Gasteiger partial charge in [0.25, 0.3) is 0 Å². The van der Waals surface area contributed by atoms with Gasteiger partial charge in [-0.1, -0.05) is 0 Å². The third kappa shape index (κ3) is 2.29. The largest absolute Gasteiger partial charge is 0.462 e. The van der Waals surface area contributed by atoms with Gasteiger partial charge in [0, 0.05) is 17.5 Å². The number of fused-ring (bicyclic) bond motifs is 1. The molecule has 1 saturated carbocycles. The Labute approximate surface area is 130 Å². The van der Waals surface area contributed by atoms with Crippen molar-refractivity contribution in [3.63, 3.8) is 0 Å². The highest BCUT2D eigenvalue weighted by Gasteiger charge is 2.31. The van der Waals surface area contributed by atoms with E-state index in [1.54, 1.807) is 11.5 Å². The lowest BCUT2D eigenvalue weighted by Gasteiger charge is -2.16. The molecule has 1 fully saturated rings. The number of benzene rings is 1. The van der Waals surface area contributed by atoms with Crippen LogP contribution in [0, 0.1) is 11.6 Å². The predicted molar refractivity (Wildman–Crippen MR) is 79.6 cm³/mol. The molecule has 1 aliphatic carbocycles. The van der Waals surface area contributed by atoms with Gasteiger partial charge in [0.1, 0.15) is 5.56 Å². The van der Waals surface area contributed by atoms with Crippen LogP contribution in [0.3, 0.4) is 0 Å². The summed E-state index contributed by atoms with van der Waals surface area (Å²) < 4.78 is 33.5. The fourth-order valence-electron chi connectivity index (χ4n) is 2.48. The zero-order valence-electron chi connectivity index (χ0n) is 11.7.